The summed E-state index contributed by atoms with van der Waals surface area (Å²) in [6.07, 6.45) is 2.30. The van der Waals surface area contributed by atoms with E-state index in [1.807, 2.05) is 12.1 Å². The van der Waals surface area contributed by atoms with Gasteiger partial charge in [0.15, 0.2) is 0 Å². The predicted molar refractivity (Wildman–Crippen MR) is 97.0 cm³/mol. The molecule has 1 amide bonds. The van der Waals surface area contributed by atoms with Gasteiger partial charge in [0.05, 0.1) is 25.3 Å². The minimum Gasteiger partial charge on any atom is -0.384 e. The summed E-state index contributed by atoms with van der Waals surface area (Å²) in [5, 5.41) is 25.1. The summed E-state index contributed by atoms with van der Waals surface area (Å²) in [5.41, 5.74) is 0.0335. The number of benzene rings is 1. The smallest absolute Gasteiger partial charge is 0.254 e. The van der Waals surface area contributed by atoms with Crippen molar-refractivity contribution in [2.75, 3.05) is 45.9 Å². The lowest BCUT2D eigenvalue weighted by Crippen LogP contribution is -2.53. The summed E-state index contributed by atoms with van der Waals surface area (Å²) in [6.45, 7) is 3.79. The van der Waals surface area contributed by atoms with Crippen LogP contribution in [0.2, 0.25) is 0 Å². The van der Waals surface area contributed by atoms with Crippen LogP contribution < -0.4 is 0 Å². The maximum absolute atomic E-state index is 13.3. The summed E-state index contributed by atoms with van der Waals surface area (Å²) in [5.74, 6) is 0.207. The molecule has 1 aromatic carbocycles. The van der Waals surface area contributed by atoms with Gasteiger partial charge in [0.2, 0.25) is 5.82 Å². The van der Waals surface area contributed by atoms with Crippen LogP contribution >= 0.6 is 0 Å². The van der Waals surface area contributed by atoms with Gasteiger partial charge >= 0.3 is 0 Å². The summed E-state index contributed by atoms with van der Waals surface area (Å²) < 4.78 is 5.63. The minimum absolute atomic E-state index is 0.166. The molecule has 2 aliphatic rings. The average Bonchev–Trinajstić information content (AvgIpc) is 3.34. The van der Waals surface area contributed by atoms with E-state index in [4.69, 9.17) is 4.74 Å². The van der Waals surface area contributed by atoms with Crippen molar-refractivity contribution in [3.8, 4) is 11.4 Å². The third kappa shape index (κ3) is 4.00. The Morgan fingerprint density at radius 2 is 2.07 bits per heavy atom. The number of tetrazole rings is 1. The molecule has 0 saturated carbocycles. The molecule has 2 fully saturated rings. The van der Waals surface area contributed by atoms with Crippen molar-refractivity contribution in [1.29, 1.82) is 0 Å². The lowest BCUT2D eigenvalue weighted by molar-refractivity contribution is -0.0524. The van der Waals surface area contributed by atoms with E-state index < -0.39 is 5.60 Å². The first kappa shape index (κ1) is 18.0. The van der Waals surface area contributed by atoms with Crippen LogP contribution in [-0.4, -0.2) is 93.0 Å². The number of likely N-dealkylation sites (tertiary alicyclic amines) is 1. The minimum atomic E-state index is -1.07. The second kappa shape index (κ2) is 7.71. The molecule has 0 aliphatic carbocycles. The van der Waals surface area contributed by atoms with Gasteiger partial charge in [-0.25, -0.2) is 0 Å². The topological polar surface area (TPSA) is 107 Å². The predicted octanol–water partition coefficient (Wildman–Crippen LogP) is 0.166. The van der Waals surface area contributed by atoms with Gasteiger partial charge in [-0.05, 0) is 37.2 Å². The second-order valence-corrected chi connectivity index (χ2v) is 7.27. The fourth-order valence-electron chi connectivity index (χ4n) is 3.85. The summed E-state index contributed by atoms with van der Waals surface area (Å²) in [6, 6.07) is 7.18. The Labute approximate surface area is 157 Å². The van der Waals surface area contributed by atoms with E-state index in [9.17, 15) is 9.90 Å². The van der Waals surface area contributed by atoms with Gasteiger partial charge in [0.1, 0.15) is 5.60 Å². The summed E-state index contributed by atoms with van der Waals surface area (Å²) >= 11 is 0. The Kier molecular flexibility index (Phi) is 5.15. The number of aromatic amines is 1. The number of hydrogen-bond donors (Lipinski definition) is 2. The van der Waals surface area contributed by atoms with Crippen molar-refractivity contribution in [3.05, 3.63) is 29.8 Å². The number of carbonyl (C=O) groups is 1. The van der Waals surface area contributed by atoms with Crippen LogP contribution in [-0.2, 0) is 4.74 Å². The number of β-amino-alcohol motifs (C(OH)–C–C–N with tert-alkyl or cyclic N) is 1. The van der Waals surface area contributed by atoms with Gasteiger partial charge in [0, 0.05) is 18.7 Å². The first-order valence-corrected chi connectivity index (χ1v) is 9.29. The highest BCUT2D eigenvalue weighted by molar-refractivity contribution is 6.00. The first-order chi connectivity index (χ1) is 13.1. The van der Waals surface area contributed by atoms with E-state index in [0.29, 0.717) is 36.6 Å². The van der Waals surface area contributed by atoms with Crippen molar-refractivity contribution in [3.63, 3.8) is 0 Å². The Bertz CT molecular complexity index is 777. The number of hydrogen-bond acceptors (Lipinski definition) is 7. The molecule has 27 heavy (non-hydrogen) atoms. The number of carbonyl (C=O) groups excluding carboxylic acids is 1. The average molecular weight is 372 g/mol. The lowest BCUT2D eigenvalue weighted by atomic mass is 10.0. The van der Waals surface area contributed by atoms with Crippen LogP contribution in [0.3, 0.4) is 0 Å². The van der Waals surface area contributed by atoms with Gasteiger partial charge in [0.25, 0.3) is 5.91 Å². The van der Waals surface area contributed by atoms with Crippen LogP contribution in [0, 0.1) is 0 Å². The van der Waals surface area contributed by atoms with E-state index in [1.165, 1.54) is 0 Å². The van der Waals surface area contributed by atoms with Gasteiger partial charge in [-0.15, -0.1) is 10.2 Å². The molecular weight excluding hydrogens is 348 g/mol. The molecule has 2 aromatic rings. The van der Waals surface area contributed by atoms with Crippen molar-refractivity contribution in [2.45, 2.75) is 18.4 Å². The molecule has 0 radical (unpaired) electrons. The van der Waals surface area contributed by atoms with Crippen LogP contribution in [0.4, 0.5) is 0 Å². The quantitative estimate of drug-likeness (QED) is 0.787. The number of H-pyrrole nitrogens is 1. The number of nitrogens with one attached hydrogen (secondary N) is 1. The number of nitrogens with zero attached hydrogens (tertiary/aromatic N) is 5. The zero-order valence-corrected chi connectivity index (χ0v) is 15.2. The monoisotopic (exact) mass is 372 g/mol. The molecule has 9 nitrogen and oxygen atoms in total. The van der Waals surface area contributed by atoms with Crippen molar-refractivity contribution in [2.24, 2.45) is 0 Å². The molecule has 4 rings (SSSR count). The number of rotatable bonds is 4. The summed E-state index contributed by atoms with van der Waals surface area (Å²) in [4.78, 5) is 17.2. The molecule has 2 saturated heterocycles. The SMILES string of the molecule is O=C(c1ccccc1-c1nn[nH]n1)N1CCOCC(O)(CN2CCCC2)C1. The Morgan fingerprint density at radius 1 is 1.26 bits per heavy atom. The number of amides is 1. The third-order valence-electron chi connectivity index (χ3n) is 5.11. The van der Waals surface area contributed by atoms with E-state index in [1.54, 1.807) is 17.0 Å². The van der Waals surface area contributed by atoms with Gasteiger partial charge in [-0.1, -0.05) is 18.2 Å². The molecule has 1 aromatic heterocycles. The van der Waals surface area contributed by atoms with E-state index in [2.05, 4.69) is 25.5 Å². The maximum atomic E-state index is 13.3. The molecule has 1 unspecified atom stereocenters. The molecule has 3 heterocycles. The zero-order chi connectivity index (χ0) is 18.7. The van der Waals surface area contributed by atoms with Crippen molar-refractivity contribution >= 4 is 5.91 Å². The molecule has 2 N–H and O–H groups in total. The van der Waals surface area contributed by atoms with Crippen LogP contribution in [0.15, 0.2) is 24.3 Å². The van der Waals surface area contributed by atoms with Crippen LogP contribution in [0.25, 0.3) is 11.4 Å². The highest BCUT2D eigenvalue weighted by Crippen LogP contribution is 2.23. The second-order valence-electron chi connectivity index (χ2n) is 7.27. The fourth-order valence-corrected chi connectivity index (χ4v) is 3.85. The Hall–Kier alpha value is -2.36. The van der Waals surface area contributed by atoms with Crippen LogP contribution in [0.5, 0.6) is 0 Å². The maximum Gasteiger partial charge on any atom is 0.254 e. The highest BCUT2D eigenvalue weighted by atomic mass is 16.5. The number of ether oxygens (including phenoxy) is 1. The normalized spacial score (nSPS) is 24.1. The lowest BCUT2D eigenvalue weighted by Gasteiger charge is -2.34. The van der Waals surface area contributed by atoms with Gasteiger partial charge in [-0.3, -0.25) is 4.79 Å². The standard InChI is InChI=1S/C18H24N6O3/c25-17(15-6-2-1-5-14(15)16-19-21-22-20-16)24-9-10-27-13-18(26,12-24)11-23-7-3-4-8-23/h1-2,5-6,26H,3-4,7-13H2,(H,19,20,21,22). The molecule has 0 spiro atoms. The number of aromatic nitrogens is 4. The summed E-state index contributed by atoms with van der Waals surface area (Å²) in [7, 11) is 0. The zero-order valence-electron chi connectivity index (χ0n) is 15.2. The van der Waals surface area contributed by atoms with Crippen molar-refractivity contribution < 1.29 is 14.6 Å². The van der Waals surface area contributed by atoms with Gasteiger partial charge in [-0.2, -0.15) is 5.21 Å². The Balaban J connectivity index is 1.56. The fraction of sp³-hybridized carbons (Fsp3) is 0.556. The molecule has 2 aliphatic heterocycles. The van der Waals surface area contributed by atoms with Gasteiger partial charge < -0.3 is 19.6 Å². The molecule has 1 atom stereocenters. The third-order valence-corrected chi connectivity index (χ3v) is 5.11. The molecule has 0 bridgehead atoms. The first-order valence-electron chi connectivity index (χ1n) is 9.29. The molecule has 144 valence electrons. The number of aliphatic hydroxyl groups is 1. The Morgan fingerprint density at radius 3 is 2.85 bits per heavy atom. The van der Waals surface area contributed by atoms with Crippen molar-refractivity contribution in [1.82, 2.24) is 30.4 Å². The highest BCUT2D eigenvalue weighted by Gasteiger charge is 2.37. The largest absolute Gasteiger partial charge is 0.384 e. The van der Waals surface area contributed by atoms with Crippen LogP contribution in [0.1, 0.15) is 23.2 Å². The van der Waals surface area contributed by atoms with E-state index in [0.717, 1.165) is 25.9 Å². The van der Waals surface area contributed by atoms with E-state index >= 15 is 0 Å². The van der Waals surface area contributed by atoms with E-state index in [-0.39, 0.29) is 19.1 Å². The molecule has 9 heteroatoms. The molecular formula is C18H24N6O3.